The third-order valence-electron chi connectivity index (χ3n) is 3.46. The molecule has 2 N–H and O–H groups in total. The number of nitrogens with zero attached hydrogens (tertiary/aromatic N) is 1. The van der Waals surface area contributed by atoms with Crippen LogP contribution in [0.4, 0.5) is 0 Å². The lowest BCUT2D eigenvalue weighted by atomic mass is 10.1. The molecule has 130 valence electrons. The summed E-state index contributed by atoms with van der Waals surface area (Å²) >= 11 is 1.90. The minimum atomic E-state index is 0.673. The first-order chi connectivity index (χ1) is 11.3. The number of unbranched alkanes of at least 4 members (excludes halogenated alkanes) is 1. The lowest BCUT2D eigenvalue weighted by molar-refractivity contribution is 0.121. The van der Waals surface area contributed by atoms with Crippen LogP contribution in [0, 0.1) is 0 Å². The summed E-state index contributed by atoms with van der Waals surface area (Å²) in [6.07, 6.45) is 5.61. The van der Waals surface area contributed by atoms with Crippen molar-refractivity contribution in [2.45, 2.75) is 39.3 Å². The molecular formula is C18H31N3OS. The van der Waals surface area contributed by atoms with Crippen molar-refractivity contribution < 1.29 is 4.74 Å². The largest absolute Gasteiger partial charge is 0.377 e. The van der Waals surface area contributed by atoms with Gasteiger partial charge in [-0.3, -0.25) is 4.99 Å². The summed E-state index contributed by atoms with van der Waals surface area (Å²) in [4.78, 5) is 4.28. The first-order valence-electron chi connectivity index (χ1n) is 8.39. The van der Waals surface area contributed by atoms with Gasteiger partial charge in [-0.05, 0) is 42.4 Å². The van der Waals surface area contributed by atoms with Crippen LogP contribution >= 0.6 is 11.8 Å². The summed E-state index contributed by atoms with van der Waals surface area (Å²) in [5.74, 6) is 2.08. The standard InChI is InChI=1S/C18H31N3OS/c1-4-12-22-15-17-10-6-5-9-16(17)14-21-18(19-2)20-11-7-8-13-23-3/h5-6,9-10H,4,7-8,11-15H2,1-3H3,(H2,19,20,21). The van der Waals surface area contributed by atoms with E-state index in [0.29, 0.717) is 6.61 Å². The van der Waals surface area contributed by atoms with Crippen molar-refractivity contribution in [3.8, 4) is 0 Å². The van der Waals surface area contributed by atoms with Gasteiger partial charge in [-0.1, -0.05) is 31.2 Å². The third kappa shape index (κ3) is 8.86. The van der Waals surface area contributed by atoms with Crippen LogP contribution < -0.4 is 10.6 Å². The number of benzene rings is 1. The molecule has 5 heteroatoms. The zero-order chi connectivity index (χ0) is 16.8. The van der Waals surface area contributed by atoms with Crippen LogP contribution in [-0.2, 0) is 17.9 Å². The van der Waals surface area contributed by atoms with Crippen LogP contribution in [0.1, 0.15) is 37.3 Å². The van der Waals surface area contributed by atoms with Gasteiger partial charge in [0.25, 0.3) is 0 Å². The molecule has 0 atom stereocenters. The van der Waals surface area contributed by atoms with Crippen molar-refractivity contribution in [3.63, 3.8) is 0 Å². The summed E-state index contributed by atoms with van der Waals surface area (Å²) in [5.41, 5.74) is 2.50. The molecule has 4 nitrogen and oxygen atoms in total. The Labute approximate surface area is 145 Å². The molecule has 0 amide bonds. The van der Waals surface area contributed by atoms with Crippen LogP contribution in [0.3, 0.4) is 0 Å². The van der Waals surface area contributed by atoms with E-state index in [0.717, 1.165) is 32.1 Å². The Morgan fingerprint density at radius 3 is 2.65 bits per heavy atom. The normalized spacial score (nSPS) is 11.5. The fourth-order valence-corrected chi connectivity index (χ4v) is 2.67. The van der Waals surface area contributed by atoms with Crippen molar-refractivity contribution in [3.05, 3.63) is 35.4 Å². The van der Waals surface area contributed by atoms with Gasteiger partial charge in [0, 0.05) is 26.7 Å². The van der Waals surface area contributed by atoms with Gasteiger partial charge in [0.05, 0.1) is 6.61 Å². The number of guanidine groups is 1. The van der Waals surface area contributed by atoms with E-state index in [1.165, 1.54) is 29.7 Å². The highest BCUT2D eigenvalue weighted by Gasteiger charge is 2.03. The topological polar surface area (TPSA) is 45.6 Å². The lowest BCUT2D eigenvalue weighted by Gasteiger charge is -2.14. The molecule has 1 rings (SSSR count). The van der Waals surface area contributed by atoms with E-state index in [9.17, 15) is 0 Å². The number of rotatable bonds is 11. The van der Waals surface area contributed by atoms with Crippen LogP contribution in [-0.4, -0.2) is 38.2 Å². The van der Waals surface area contributed by atoms with Crippen LogP contribution in [0.25, 0.3) is 0 Å². The summed E-state index contributed by atoms with van der Waals surface area (Å²) in [5, 5.41) is 6.75. The Balaban J connectivity index is 2.39. The van der Waals surface area contributed by atoms with Crippen molar-refractivity contribution in [2.24, 2.45) is 4.99 Å². The van der Waals surface area contributed by atoms with Gasteiger partial charge < -0.3 is 15.4 Å². The molecule has 1 aromatic rings. The molecule has 0 spiro atoms. The highest BCUT2D eigenvalue weighted by molar-refractivity contribution is 7.98. The zero-order valence-corrected chi connectivity index (χ0v) is 15.5. The maximum absolute atomic E-state index is 5.67. The van der Waals surface area contributed by atoms with Gasteiger partial charge in [-0.25, -0.2) is 0 Å². The number of hydrogen-bond acceptors (Lipinski definition) is 3. The Bertz CT molecular complexity index is 452. The molecule has 1 aromatic carbocycles. The SMILES string of the molecule is CCCOCc1ccccc1CNC(=NC)NCCCCSC. The van der Waals surface area contributed by atoms with Crippen molar-refractivity contribution in [1.29, 1.82) is 0 Å². The van der Waals surface area contributed by atoms with Crippen molar-refractivity contribution in [1.82, 2.24) is 10.6 Å². The Morgan fingerprint density at radius 2 is 1.96 bits per heavy atom. The van der Waals surface area contributed by atoms with E-state index < -0.39 is 0 Å². The van der Waals surface area contributed by atoms with E-state index in [4.69, 9.17) is 4.74 Å². The van der Waals surface area contributed by atoms with E-state index in [2.05, 4.69) is 53.1 Å². The molecular weight excluding hydrogens is 306 g/mol. The quantitative estimate of drug-likeness (QED) is 0.369. The van der Waals surface area contributed by atoms with Gasteiger partial charge >= 0.3 is 0 Å². The van der Waals surface area contributed by atoms with Gasteiger partial charge in [-0.15, -0.1) is 0 Å². The minimum Gasteiger partial charge on any atom is -0.377 e. The number of aliphatic imine (C=N–C) groups is 1. The molecule has 23 heavy (non-hydrogen) atoms. The molecule has 0 saturated heterocycles. The summed E-state index contributed by atoms with van der Waals surface area (Å²) in [6.45, 7) is 5.33. The lowest BCUT2D eigenvalue weighted by Crippen LogP contribution is -2.37. The van der Waals surface area contributed by atoms with Crippen molar-refractivity contribution >= 4 is 17.7 Å². The van der Waals surface area contributed by atoms with Crippen molar-refractivity contribution in [2.75, 3.05) is 32.2 Å². The Hall–Kier alpha value is -1.20. The smallest absolute Gasteiger partial charge is 0.191 e. The predicted molar refractivity (Wildman–Crippen MR) is 102 cm³/mol. The monoisotopic (exact) mass is 337 g/mol. The molecule has 0 saturated carbocycles. The van der Waals surface area contributed by atoms with Gasteiger partial charge in [-0.2, -0.15) is 11.8 Å². The number of thioether (sulfide) groups is 1. The Morgan fingerprint density at radius 1 is 1.17 bits per heavy atom. The number of hydrogen-bond donors (Lipinski definition) is 2. The zero-order valence-electron chi connectivity index (χ0n) is 14.7. The van der Waals surface area contributed by atoms with E-state index in [-0.39, 0.29) is 0 Å². The first kappa shape index (κ1) is 19.8. The molecule has 0 bridgehead atoms. The maximum Gasteiger partial charge on any atom is 0.191 e. The molecule has 0 radical (unpaired) electrons. The number of ether oxygens (including phenoxy) is 1. The summed E-state index contributed by atoms with van der Waals surface area (Å²) in [6, 6.07) is 8.40. The van der Waals surface area contributed by atoms with Crippen LogP contribution in [0.15, 0.2) is 29.3 Å². The maximum atomic E-state index is 5.67. The molecule has 0 unspecified atom stereocenters. The fourth-order valence-electron chi connectivity index (χ4n) is 2.17. The number of nitrogens with one attached hydrogen (secondary N) is 2. The second-order valence-electron chi connectivity index (χ2n) is 5.37. The molecule has 0 aliphatic carbocycles. The first-order valence-corrected chi connectivity index (χ1v) is 9.79. The van der Waals surface area contributed by atoms with Crippen LogP contribution in [0.5, 0.6) is 0 Å². The second-order valence-corrected chi connectivity index (χ2v) is 6.36. The van der Waals surface area contributed by atoms with E-state index in [1.807, 2.05) is 18.8 Å². The van der Waals surface area contributed by atoms with Gasteiger partial charge in [0.15, 0.2) is 5.96 Å². The summed E-state index contributed by atoms with van der Waals surface area (Å²) < 4.78 is 5.67. The predicted octanol–water partition coefficient (Wildman–Crippen LogP) is 3.42. The molecule has 0 aliphatic rings. The van der Waals surface area contributed by atoms with Gasteiger partial charge in [0.2, 0.25) is 0 Å². The third-order valence-corrected chi connectivity index (χ3v) is 4.16. The molecule has 0 aromatic heterocycles. The second kappa shape index (κ2) is 13.3. The minimum absolute atomic E-state index is 0.673. The Kier molecular flexibility index (Phi) is 11.4. The average molecular weight is 338 g/mol. The summed E-state index contributed by atoms with van der Waals surface area (Å²) in [7, 11) is 1.81. The van der Waals surface area contributed by atoms with E-state index >= 15 is 0 Å². The van der Waals surface area contributed by atoms with E-state index in [1.54, 1.807) is 0 Å². The van der Waals surface area contributed by atoms with Gasteiger partial charge in [0.1, 0.15) is 0 Å². The van der Waals surface area contributed by atoms with Crippen LogP contribution in [0.2, 0.25) is 0 Å². The highest BCUT2D eigenvalue weighted by atomic mass is 32.2. The molecule has 0 aliphatic heterocycles. The highest BCUT2D eigenvalue weighted by Crippen LogP contribution is 2.10. The average Bonchev–Trinajstić information content (AvgIpc) is 2.58. The molecule has 0 heterocycles. The molecule has 0 fully saturated rings. The fraction of sp³-hybridized carbons (Fsp3) is 0.611.